The first kappa shape index (κ1) is 20.4. The van der Waals surface area contributed by atoms with Crippen LogP contribution in [0.1, 0.15) is 56.9 Å². The number of rotatable bonds is 7. The van der Waals surface area contributed by atoms with Gasteiger partial charge in [0.1, 0.15) is 5.82 Å². The van der Waals surface area contributed by atoms with Crippen LogP contribution in [0.4, 0.5) is 19.0 Å². The van der Waals surface area contributed by atoms with Gasteiger partial charge in [0.05, 0.1) is 11.2 Å². The minimum absolute atomic E-state index is 0.0307. The van der Waals surface area contributed by atoms with Gasteiger partial charge in [-0.05, 0) is 74.3 Å². The van der Waals surface area contributed by atoms with Crippen LogP contribution >= 0.6 is 0 Å². The number of halogens is 3. The van der Waals surface area contributed by atoms with E-state index < -0.39 is 17.3 Å². The molecule has 8 heteroatoms. The van der Waals surface area contributed by atoms with Crippen molar-refractivity contribution < 1.29 is 23.1 Å². The first-order valence-corrected chi connectivity index (χ1v) is 10.4. The number of pyridine rings is 1. The van der Waals surface area contributed by atoms with Crippen molar-refractivity contribution >= 4 is 11.7 Å². The summed E-state index contributed by atoms with van der Waals surface area (Å²) in [6, 6.07) is 2.30. The largest absolute Gasteiger partial charge is 0.417 e. The fourth-order valence-corrected chi connectivity index (χ4v) is 6.21. The maximum absolute atomic E-state index is 12.5. The Hall–Kier alpha value is -1.83. The van der Waals surface area contributed by atoms with E-state index in [-0.39, 0.29) is 11.3 Å². The van der Waals surface area contributed by atoms with Crippen molar-refractivity contribution in [2.75, 3.05) is 18.4 Å². The van der Waals surface area contributed by atoms with Crippen molar-refractivity contribution in [3.8, 4) is 0 Å². The Kier molecular flexibility index (Phi) is 5.25. The van der Waals surface area contributed by atoms with Crippen LogP contribution in [0.15, 0.2) is 18.3 Å². The van der Waals surface area contributed by atoms with Crippen LogP contribution < -0.4 is 10.6 Å². The third-order valence-electron chi connectivity index (χ3n) is 6.76. The molecule has 0 spiro atoms. The molecule has 0 aromatic carbocycles. The van der Waals surface area contributed by atoms with E-state index in [9.17, 15) is 23.1 Å². The standard InChI is InChI=1S/C21H28F3N3O2/c22-21(23,24)16-2-3-17(27-12-16)25-4-1-5-26-18(28)11-19-7-14-6-15(8-19)10-20(29,9-14)13-19/h2-3,12,14-15,29H,1,4-11,13H2,(H,25,27)(H,26,28). The number of hydrogen-bond donors (Lipinski definition) is 3. The zero-order valence-corrected chi connectivity index (χ0v) is 16.4. The second-order valence-corrected chi connectivity index (χ2v) is 9.42. The van der Waals surface area contributed by atoms with Crippen LogP contribution in [0, 0.1) is 17.3 Å². The molecule has 1 heterocycles. The molecule has 1 aromatic heterocycles. The topological polar surface area (TPSA) is 74.2 Å². The summed E-state index contributed by atoms with van der Waals surface area (Å²) in [7, 11) is 0. The summed E-state index contributed by atoms with van der Waals surface area (Å²) in [6.07, 6.45) is 3.42. The monoisotopic (exact) mass is 411 g/mol. The molecule has 4 aliphatic carbocycles. The van der Waals surface area contributed by atoms with Crippen molar-refractivity contribution in [3.05, 3.63) is 23.9 Å². The van der Waals surface area contributed by atoms with E-state index in [0.29, 0.717) is 43.6 Å². The maximum atomic E-state index is 12.5. The second kappa shape index (κ2) is 7.45. The van der Waals surface area contributed by atoms with Gasteiger partial charge in [-0.2, -0.15) is 13.2 Å². The Morgan fingerprint density at radius 1 is 1.17 bits per heavy atom. The Morgan fingerprint density at radius 2 is 1.90 bits per heavy atom. The molecule has 5 rings (SSSR count). The predicted octanol–water partition coefficient (Wildman–Crippen LogP) is 3.74. The molecule has 4 fully saturated rings. The highest BCUT2D eigenvalue weighted by Crippen LogP contribution is 2.62. The SMILES string of the molecule is O=C(CC12CC3CC(CC(O)(C3)C1)C2)NCCCNc1ccc(C(F)(F)F)cn1. The maximum Gasteiger partial charge on any atom is 0.417 e. The molecule has 2 atom stereocenters. The molecule has 4 aliphatic rings. The van der Waals surface area contributed by atoms with Crippen LogP contribution in [0.5, 0.6) is 0 Å². The van der Waals surface area contributed by atoms with E-state index >= 15 is 0 Å². The molecule has 4 saturated carbocycles. The normalized spacial score (nSPS) is 33.0. The molecule has 29 heavy (non-hydrogen) atoms. The summed E-state index contributed by atoms with van der Waals surface area (Å²) in [5.41, 5.74) is -1.36. The van der Waals surface area contributed by atoms with Crippen LogP contribution in [0.2, 0.25) is 0 Å². The number of carbonyl (C=O) groups excluding carboxylic acids is 1. The molecule has 0 saturated heterocycles. The zero-order valence-electron chi connectivity index (χ0n) is 16.4. The molecule has 1 amide bonds. The van der Waals surface area contributed by atoms with Gasteiger partial charge < -0.3 is 15.7 Å². The van der Waals surface area contributed by atoms with Crippen molar-refractivity contribution in [2.24, 2.45) is 17.3 Å². The average molecular weight is 411 g/mol. The summed E-state index contributed by atoms with van der Waals surface area (Å²) in [5.74, 6) is 1.54. The first-order valence-electron chi connectivity index (χ1n) is 10.4. The molecular formula is C21H28F3N3O2. The number of amides is 1. The molecule has 4 bridgehead atoms. The first-order chi connectivity index (χ1) is 13.6. The molecule has 0 aliphatic heterocycles. The number of aromatic nitrogens is 1. The second-order valence-electron chi connectivity index (χ2n) is 9.42. The number of nitrogens with one attached hydrogen (secondary N) is 2. The summed E-state index contributed by atoms with van der Waals surface area (Å²) in [6.45, 7) is 1.01. The van der Waals surface area contributed by atoms with E-state index in [1.165, 1.54) is 12.5 Å². The smallest absolute Gasteiger partial charge is 0.390 e. The van der Waals surface area contributed by atoms with Gasteiger partial charge in [-0.25, -0.2) is 4.98 Å². The fourth-order valence-electron chi connectivity index (χ4n) is 6.21. The van der Waals surface area contributed by atoms with Gasteiger partial charge in [0.15, 0.2) is 0 Å². The lowest BCUT2D eigenvalue weighted by atomic mass is 9.47. The van der Waals surface area contributed by atoms with Gasteiger partial charge >= 0.3 is 6.18 Å². The molecule has 3 N–H and O–H groups in total. The quantitative estimate of drug-likeness (QED) is 0.598. The highest BCUT2D eigenvalue weighted by atomic mass is 19.4. The van der Waals surface area contributed by atoms with Gasteiger partial charge in [0, 0.05) is 25.7 Å². The lowest BCUT2D eigenvalue weighted by Gasteiger charge is -2.60. The predicted molar refractivity (Wildman–Crippen MR) is 102 cm³/mol. The Labute approximate surface area is 168 Å². The van der Waals surface area contributed by atoms with E-state index in [0.717, 1.165) is 44.4 Å². The van der Waals surface area contributed by atoms with Crippen LogP contribution in [-0.4, -0.2) is 34.7 Å². The Balaban J connectivity index is 1.17. The van der Waals surface area contributed by atoms with Gasteiger partial charge in [-0.3, -0.25) is 4.79 Å². The minimum Gasteiger partial charge on any atom is -0.390 e. The van der Waals surface area contributed by atoms with E-state index in [4.69, 9.17) is 0 Å². The molecule has 2 unspecified atom stereocenters. The number of aliphatic hydroxyl groups is 1. The fraction of sp³-hybridized carbons (Fsp3) is 0.714. The number of hydrogen-bond acceptors (Lipinski definition) is 4. The van der Waals surface area contributed by atoms with E-state index in [2.05, 4.69) is 15.6 Å². The van der Waals surface area contributed by atoms with E-state index in [1.807, 2.05) is 0 Å². The van der Waals surface area contributed by atoms with Crippen LogP contribution in [-0.2, 0) is 11.0 Å². The minimum atomic E-state index is -4.39. The van der Waals surface area contributed by atoms with Crippen LogP contribution in [0.25, 0.3) is 0 Å². The van der Waals surface area contributed by atoms with Gasteiger partial charge in [-0.15, -0.1) is 0 Å². The number of alkyl halides is 3. The summed E-state index contributed by atoms with van der Waals surface area (Å²) >= 11 is 0. The molecule has 0 radical (unpaired) electrons. The Bertz CT molecular complexity index is 737. The molecule has 160 valence electrons. The van der Waals surface area contributed by atoms with E-state index in [1.54, 1.807) is 0 Å². The third-order valence-corrected chi connectivity index (χ3v) is 6.76. The molecule has 1 aromatic rings. The van der Waals surface area contributed by atoms with Gasteiger partial charge in [0.2, 0.25) is 5.91 Å². The third kappa shape index (κ3) is 4.68. The van der Waals surface area contributed by atoms with Crippen molar-refractivity contribution in [1.29, 1.82) is 0 Å². The number of carbonyl (C=O) groups is 1. The highest BCUT2D eigenvalue weighted by Gasteiger charge is 2.57. The summed E-state index contributed by atoms with van der Waals surface area (Å²) in [4.78, 5) is 16.2. The number of nitrogens with zero attached hydrogens (tertiary/aromatic N) is 1. The van der Waals surface area contributed by atoms with Crippen molar-refractivity contribution in [2.45, 2.75) is 63.1 Å². The summed E-state index contributed by atoms with van der Waals surface area (Å²) in [5, 5.41) is 16.7. The van der Waals surface area contributed by atoms with Crippen molar-refractivity contribution in [3.63, 3.8) is 0 Å². The summed E-state index contributed by atoms with van der Waals surface area (Å²) < 4.78 is 37.6. The Morgan fingerprint density at radius 3 is 2.48 bits per heavy atom. The highest BCUT2D eigenvalue weighted by molar-refractivity contribution is 5.76. The van der Waals surface area contributed by atoms with Gasteiger partial charge in [-0.1, -0.05) is 0 Å². The van der Waals surface area contributed by atoms with Crippen LogP contribution in [0.3, 0.4) is 0 Å². The molecule has 5 nitrogen and oxygen atoms in total. The average Bonchev–Trinajstić information content (AvgIpc) is 2.58. The van der Waals surface area contributed by atoms with Gasteiger partial charge in [0.25, 0.3) is 0 Å². The zero-order chi connectivity index (χ0) is 20.7. The molecular weight excluding hydrogens is 383 g/mol. The number of anilines is 1. The van der Waals surface area contributed by atoms with Crippen molar-refractivity contribution in [1.82, 2.24) is 10.3 Å². The lowest BCUT2D eigenvalue weighted by molar-refractivity contribution is -0.169. The lowest BCUT2D eigenvalue weighted by Crippen LogP contribution is -2.56.